The van der Waals surface area contributed by atoms with Crippen LogP contribution in [0.2, 0.25) is 0 Å². The first kappa shape index (κ1) is 11.6. The molecule has 2 nitrogen and oxygen atoms in total. The molecule has 0 saturated carbocycles. The molecule has 0 N–H and O–H groups in total. The van der Waals surface area contributed by atoms with E-state index in [0.717, 1.165) is 18.8 Å². The zero-order chi connectivity index (χ0) is 8.53. The van der Waals surface area contributed by atoms with E-state index in [4.69, 9.17) is 9.47 Å². The Morgan fingerprint density at radius 3 is 2.64 bits per heavy atom. The summed E-state index contributed by atoms with van der Waals surface area (Å²) in [6.07, 6.45) is 0.975. The van der Waals surface area contributed by atoms with Gasteiger partial charge in [0, 0.05) is 5.25 Å². The van der Waals surface area contributed by atoms with Gasteiger partial charge in [0.1, 0.15) is 6.79 Å². The summed E-state index contributed by atoms with van der Waals surface area (Å²) in [5, 5.41) is 0.281. The first-order valence-electron chi connectivity index (χ1n) is 3.71. The van der Waals surface area contributed by atoms with Gasteiger partial charge in [0.15, 0.2) is 0 Å². The summed E-state index contributed by atoms with van der Waals surface area (Å²) in [6.45, 7) is 3.73. The van der Waals surface area contributed by atoms with E-state index in [1.54, 1.807) is 0 Å². The molecular weight excluding hydrogens is 180 g/mol. The van der Waals surface area contributed by atoms with E-state index in [0.29, 0.717) is 13.4 Å². The van der Waals surface area contributed by atoms with E-state index in [1.807, 2.05) is 6.92 Å². The molecule has 0 aliphatic heterocycles. The molecule has 0 aromatic heterocycles. The van der Waals surface area contributed by atoms with E-state index in [9.17, 15) is 0 Å². The van der Waals surface area contributed by atoms with Crippen molar-refractivity contribution in [1.29, 1.82) is 0 Å². The minimum atomic E-state index is 0.281. The molecule has 0 aliphatic rings. The Kier molecular flexibility index (Phi) is 9.21. The lowest BCUT2D eigenvalue weighted by atomic mass is 10.5. The van der Waals surface area contributed by atoms with Gasteiger partial charge in [-0.25, -0.2) is 0 Å². The second-order valence-electron chi connectivity index (χ2n) is 2.32. The van der Waals surface area contributed by atoms with Gasteiger partial charge in [-0.05, 0) is 12.2 Å². The lowest BCUT2D eigenvalue weighted by Gasteiger charge is -2.06. The van der Waals surface area contributed by atoms with E-state index < -0.39 is 0 Å². The first-order chi connectivity index (χ1) is 5.27. The normalized spacial score (nSPS) is 13.4. The molecule has 0 amide bonds. The standard InChI is InChI=1S/C7H16O2S2/c1-7(11)5-9-6-8-3-2-4-10/h7,10-11H,2-6H2,1H3. The van der Waals surface area contributed by atoms with E-state index >= 15 is 0 Å². The predicted octanol–water partition coefficient (Wildman–Crippen LogP) is 1.62. The summed E-state index contributed by atoms with van der Waals surface area (Å²) in [4.78, 5) is 0. The minimum absolute atomic E-state index is 0.281. The number of hydrogen-bond donors (Lipinski definition) is 2. The van der Waals surface area contributed by atoms with Gasteiger partial charge in [-0.2, -0.15) is 25.3 Å². The largest absolute Gasteiger partial charge is 0.355 e. The first-order valence-corrected chi connectivity index (χ1v) is 4.86. The van der Waals surface area contributed by atoms with Crippen LogP contribution in [0.1, 0.15) is 13.3 Å². The molecule has 0 fully saturated rings. The summed E-state index contributed by atoms with van der Waals surface area (Å²) in [5.74, 6) is 0.864. The molecule has 0 rings (SSSR count). The van der Waals surface area contributed by atoms with Crippen molar-refractivity contribution in [2.24, 2.45) is 0 Å². The molecular formula is C7H16O2S2. The Labute approximate surface area is 79.5 Å². The van der Waals surface area contributed by atoms with Gasteiger partial charge in [-0.15, -0.1) is 0 Å². The van der Waals surface area contributed by atoms with Gasteiger partial charge in [0.05, 0.1) is 13.2 Å². The zero-order valence-corrected chi connectivity index (χ0v) is 8.61. The average molecular weight is 196 g/mol. The Hall–Kier alpha value is 0.620. The van der Waals surface area contributed by atoms with Crippen LogP contribution in [0.5, 0.6) is 0 Å². The molecule has 4 heteroatoms. The van der Waals surface area contributed by atoms with Crippen molar-refractivity contribution in [3.8, 4) is 0 Å². The molecule has 0 bridgehead atoms. The monoisotopic (exact) mass is 196 g/mol. The molecule has 0 aromatic carbocycles. The van der Waals surface area contributed by atoms with Crippen LogP contribution in [0.25, 0.3) is 0 Å². The van der Waals surface area contributed by atoms with Gasteiger partial charge in [0.25, 0.3) is 0 Å². The van der Waals surface area contributed by atoms with Crippen LogP contribution in [0.3, 0.4) is 0 Å². The third-order valence-electron chi connectivity index (χ3n) is 0.973. The molecule has 68 valence electrons. The van der Waals surface area contributed by atoms with Crippen molar-refractivity contribution in [2.45, 2.75) is 18.6 Å². The fraction of sp³-hybridized carbons (Fsp3) is 1.00. The van der Waals surface area contributed by atoms with Gasteiger partial charge < -0.3 is 9.47 Å². The highest BCUT2D eigenvalue weighted by molar-refractivity contribution is 7.81. The summed E-state index contributed by atoms with van der Waals surface area (Å²) in [7, 11) is 0. The molecule has 0 heterocycles. The molecule has 0 spiro atoms. The van der Waals surface area contributed by atoms with E-state index in [2.05, 4.69) is 25.3 Å². The lowest BCUT2D eigenvalue weighted by molar-refractivity contribution is -0.0517. The third kappa shape index (κ3) is 10.6. The molecule has 1 unspecified atom stereocenters. The summed E-state index contributed by atoms with van der Waals surface area (Å²) in [6, 6.07) is 0. The number of rotatable bonds is 7. The highest BCUT2D eigenvalue weighted by Gasteiger charge is 1.93. The topological polar surface area (TPSA) is 18.5 Å². The van der Waals surface area contributed by atoms with Crippen LogP contribution < -0.4 is 0 Å². The second-order valence-corrected chi connectivity index (χ2v) is 3.65. The molecule has 0 aromatic rings. The Balaban J connectivity index is 2.80. The van der Waals surface area contributed by atoms with E-state index in [1.165, 1.54) is 0 Å². The van der Waals surface area contributed by atoms with E-state index in [-0.39, 0.29) is 5.25 Å². The van der Waals surface area contributed by atoms with Crippen LogP contribution in [0.4, 0.5) is 0 Å². The molecule has 1 atom stereocenters. The van der Waals surface area contributed by atoms with Crippen molar-refractivity contribution in [1.82, 2.24) is 0 Å². The van der Waals surface area contributed by atoms with Crippen molar-refractivity contribution in [3.63, 3.8) is 0 Å². The van der Waals surface area contributed by atoms with Gasteiger partial charge in [-0.1, -0.05) is 6.92 Å². The maximum absolute atomic E-state index is 5.12. The second kappa shape index (κ2) is 8.71. The SMILES string of the molecule is CC(S)COCOCCCS. The smallest absolute Gasteiger partial charge is 0.146 e. The Morgan fingerprint density at radius 2 is 2.09 bits per heavy atom. The highest BCUT2D eigenvalue weighted by Crippen LogP contribution is 1.93. The van der Waals surface area contributed by atoms with Crippen molar-refractivity contribution in [2.75, 3.05) is 25.8 Å². The van der Waals surface area contributed by atoms with Crippen LogP contribution >= 0.6 is 25.3 Å². The molecule has 0 radical (unpaired) electrons. The maximum atomic E-state index is 5.12. The number of ether oxygens (including phenoxy) is 2. The fourth-order valence-electron chi connectivity index (χ4n) is 0.503. The lowest BCUT2D eigenvalue weighted by Crippen LogP contribution is -2.08. The van der Waals surface area contributed by atoms with Gasteiger partial charge in [0.2, 0.25) is 0 Å². The highest BCUT2D eigenvalue weighted by atomic mass is 32.1. The minimum Gasteiger partial charge on any atom is -0.355 e. The zero-order valence-electron chi connectivity index (χ0n) is 6.82. The maximum Gasteiger partial charge on any atom is 0.146 e. The van der Waals surface area contributed by atoms with Crippen molar-refractivity contribution in [3.05, 3.63) is 0 Å². The summed E-state index contributed by atoms with van der Waals surface area (Å²) < 4.78 is 10.2. The van der Waals surface area contributed by atoms with Gasteiger partial charge in [-0.3, -0.25) is 0 Å². The number of hydrogen-bond acceptors (Lipinski definition) is 4. The fourth-order valence-corrected chi connectivity index (χ4v) is 0.738. The molecule has 0 saturated heterocycles. The quantitative estimate of drug-likeness (QED) is 0.366. The van der Waals surface area contributed by atoms with Crippen molar-refractivity contribution < 1.29 is 9.47 Å². The van der Waals surface area contributed by atoms with Gasteiger partial charge >= 0.3 is 0 Å². The van der Waals surface area contributed by atoms with Crippen LogP contribution in [0, 0.1) is 0 Å². The summed E-state index contributed by atoms with van der Waals surface area (Å²) in [5.41, 5.74) is 0. The number of thiol groups is 2. The van der Waals surface area contributed by atoms with Crippen LogP contribution in [-0.2, 0) is 9.47 Å². The van der Waals surface area contributed by atoms with Crippen LogP contribution in [0.15, 0.2) is 0 Å². The third-order valence-corrected chi connectivity index (χ3v) is 1.44. The van der Waals surface area contributed by atoms with Crippen molar-refractivity contribution >= 4 is 25.3 Å². The molecule has 11 heavy (non-hydrogen) atoms. The van der Waals surface area contributed by atoms with Crippen LogP contribution in [-0.4, -0.2) is 31.0 Å². The average Bonchev–Trinajstić information content (AvgIpc) is 1.96. The Morgan fingerprint density at radius 1 is 1.36 bits per heavy atom. The molecule has 0 aliphatic carbocycles. The summed E-state index contributed by atoms with van der Waals surface area (Å²) >= 11 is 8.19. The Bertz CT molecular complexity index is 78.8. The predicted molar refractivity (Wildman–Crippen MR) is 53.7 cm³/mol.